The maximum Gasteiger partial charge on any atom is 0.359 e. The third-order valence-electron chi connectivity index (χ3n) is 2.34. The molecule has 0 aromatic carbocycles. The van der Waals surface area contributed by atoms with E-state index in [4.69, 9.17) is 21.1 Å². The first-order chi connectivity index (χ1) is 9.67. The van der Waals surface area contributed by atoms with Gasteiger partial charge < -0.3 is 9.47 Å². The minimum atomic E-state index is -0.526. The van der Waals surface area contributed by atoms with Gasteiger partial charge in [-0.15, -0.1) is 11.3 Å². The third-order valence-corrected chi connectivity index (χ3v) is 3.62. The van der Waals surface area contributed by atoms with Gasteiger partial charge in [-0.25, -0.2) is 14.8 Å². The first-order valence-electron chi connectivity index (χ1n) is 6.09. The van der Waals surface area contributed by atoms with Crippen LogP contribution >= 0.6 is 22.9 Å². The molecule has 0 N–H and O–H groups in total. The quantitative estimate of drug-likeness (QED) is 0.791. The summed E-state index contributed by atoms with van der Waals surface area (Å²) in [6.45, 7) is 4.37. The number of nitrogens with zero attached hydrogens (tertiary/aromatic N) is 2. The molecular weight excluding hydrogens is 300 g/mol. The van der Waals surface area contributed by atoms with Crippen LogP contribution in [-0.4, -0.2) is 29.2 Å². The van der Waals surface area contributed by atoms with E-state index in [1.54, 1.807) is 19.2 Å². The lowest BCUT2D eigenvalue weighted by atomic mass is 10.3. The van der Waals surface area contributed by atoms with Crippen molar-refractivity contribution in [1.82, 2.24) is 9.97 Å². The zero-order valence-corrected chi connectivity index (χ0v) is 12.6. The molecule has 7 heteroatoms. The molecule has 0 aliphatic carbocycles. The van der Waals surface area contributed by atoms with Crippen LogP contribution in [0.4, 0.5) is 0 Å². The van der Waals surface area contributed by atoms with Crippen molar-refractivity contribution in [2.75, 3.05) is 13.2 Å². The summed E-state index contributed by atoms with van der Waals surface area (Å²) in [4.78, 5) is 20.1. The van der Waals surface area contributed by atoms with E-state index in [-0.39, 0.29) is 12.3 Å². The molecule has 0 spiro atoms. The molecule has 0 amide bonds. The second-order valence-electron chi connectivity index (χ2n) is 3.65. The van der Waals surface area contributed by atoms with Gasteiger partial charge in [0.05, 0.1) is 18.8 Å². The van der Waals surface area contributed by atoms with E-state index in [9.17, 15) is 4.79 Å². The van der Waals surface area contributed by atoms with Crippen molar-refractivity contribution in [3.05, 3.63) is 28.4 Å². The summed E-state index contributed by atoms with van der Waals surface area (Å²) in [7, 11) is 0. The van der Waals surface area contributed by atoms with Gasteiger partial charge >= 0.3 is 5.97 Å². The van der Waals surface area contributed by atoms with Gasteiger partial charge in [0.2, 0.25) is 5.88 Å². The highest BCUT2D eigenvalue weighted by Crippen LogP contribution is 2.35. The van der Waals surface area contributed by atoms with Crippen LogP contribution in [-0.2, 0) is 4.74 Å². The average molecular weight is 313 g/mol. The molecule has 0 unspecified atom stereocenters. The Bertz CT molecular complexity index is 615. The number of hydrogen-bond acceptors (Lipinski definition) is 6. The molecule has 20 heavy (non-hydrogen) atoms. The monoisotopic (exact) mass is 312 g/mol. The second kappa shape index (κ2) is 6.67. The third kappa shape index (κ3) is 3.08. The first-order valence-corrected chi connectivity index (χ1v) is 7.28. The molecule has 0 radical (unpaired) electrons. The van der Waals surface area contributed by atoms with Gasteiger partial charge in [-0.3, -0.25) is 0 Å². The van der Waals surface area contributed by atoms with Crippen LogP contribution in [0, 0.1) is 0 Å². The van der Waals surface area contributed by atoms with Gasteiger partial charge in [0, 0.05) is 6.20 Å². The minimum Gasteiger partial charge on any atom is -0.477 e. The van der Waals surface area contributed by atoms with E-state index < -0.39 is 5.97 Å². The number of rotatable bonds is 5. The SMILES string of the molecule is CCOC(=O)c1nc(-c2cccnc2OCC)sc1Cl. The van der Waals surface area contributed by atoms with Gasteiger partial charge in [0.15, 0.2) is 5.69 Å². The molecule has 0 aliphatic rings. The lowest BCUT2D eigenvalue weighted by molar-refractivity contribution is 0.0520. The molecule has 2 aromatic heterocycles. The largest absolute Gasteiger partial charge is 0.477 e. The molecule has 0 bridgehead atoms. The highest BCUT2D eigenvalue weighted by atomic mass is 35.5. The second-order valence-corrected chi connectivity index (χ2v) is 5.25. The van der Waals surface area contributed by atoms with Crippen molar-refractivity contribution in [1.29, 1.82) is 0 Å². The molecule has 2 rings (SSSR count). The molecule has 0 aliphatic heterocycles. The number of thiazole rings is 1. The number of pyridine rings is 1. The summed E-state index contributed by atoms with van der Waals surface area (Å²) < 4.78 is 10.7. The summed E-state index contributed by atoms with van der Waals surface area (Å²) >= 11 is 7.24. The molecule has 5 nitrogen and oxygen atoms in total. The summed E-state index contributed by atoms with van der Waals surface area (Å²) in [6.07, 6.45) is 1.63. The van der Waals surface area contributed by atoms with Crippen molar-refractivity contribution in [3.8, 4) is 16.5 Å². The van der Waals surface area contributed by atoms with E-state index in [1.165, 1.54) is 11.3 Å². The van der Waals surface area contributed by atoms with Crippen LogP contribution < -0.4 is 4.74 Å². The predicted molar refractivity (Wildman–Crippen MR) is 77.5 cm³/mol. The standard InChI is InChI=1S/C13H13ClN2O3S/c1-3-18-11-8(6-5-7-15-11)12-16-9(10(14)20-12)13(17)19-4-2/h5-7H,3-4H2,1-2H3. The zero-order valence-electron chi connectivity index (χ0n) is 11.1. The minimum absolute atomic E-state index is 0.125. The molecule has 2 aromatic rings. The lowest BCUT2D eigenvalue weighted by Crippen LogP contribution is -2.05. The summed E-state index contributed by atoms with van der Waals surface area (Å²) in [5, 5.41) is 0.578. The van der Waals surface area contributed by atoms with Crippen molar-refractivity contribution in [2.45, 2.75) is 13.8 Å². The number of carbonyl (C=O) groups excluding carboxylic acids is 1. The van der Waals surface area contributed by atoms with E-state index in [2.05, 4.69) is 9.97 Å². The molecule has 0 saturated carbocycles. The Balaban J connectivity index is 2.39. The smallest absolute Gasteiger partial charge is 0.359 e. The van der Waals surface area contributed by atoms with E-state index >= 15 is 0 Å². The van der Waals surface area contributed by atoms with Gasteiger partial charge in [0.25, 0.3) is 0 Å². The highest BCUT2D eigenvalue weighted by molar-refractivity contribution is 7.19. The van der Waals surface area contributed by atoms with E-state index in [1.807, 2.05) is 13.0 Å². The van der Waals surface area contributed by atoms with Gasteiger partial charge in [-0.1, -0.05) is 11.6 Å². The van der Waals surface area contributed by atoms with Gasteiger partial charge in [-0.05, 0) is 26.0 Å². The molecule has 0 saturated heterocycles. The Labute approximate surface area is 125 Å². The fourth-order valence-electron chi connectivity index (χ4n) is 1.55. The molecular formula is C13H13ClN2O3S. The van der Waals surface area contributed by atoms with Crippen molar-refractivity contribution >= 4 is 28.9 Å². The maximum atomic E-state index is 11.7. The number of aromatic nitrogens is 2. The molecule has 106 valence electrons. The van der Waals surface area contributed by atoms with Crippen molar-refractivity contribution in [2.24, 2.45) is 0 Å². The zero-order chi connectivity index (χ0) is 14.5. The van der Waals surface area contributed by atoms with Gasteiger partial charge in [0.1, 0.15) is 9.34 Å². The molecule has 0 atom stereocenters. The Morgan fingerprint density at radius 3 is 2.90 bits per heavy atom. The van der Waals surface area contributed by atoms with Crippen LogP contribution in [0.25, 0.3) is 10.6 Å². The van der Waals surface area contributed by atoms with E-state index in [0.29, 0.717) is 27.4 Å². The van der Waals surface area contributed by atoms with E-state index in [0.717, 1.165) is 0 Å². The number of ether oxygens (including phenoxy) is 2. The van der Waals surface area contributed by atoms with Crippen LogP contribution in [0.2, 0.25) is 4.34 Å². The summed E-state index contributed by atoms with van der Waals surface area (Å²) in [5.74, 6) is -0.0577. The van der Waals surface area contributed by atoms with Gasteiger partial charge in [-0.2, -0.15) is 0 Å². The lowest BCUT2D eigenvalue weighted by Gasteiger charge is -2.05. The fourth-order valence-corrected chi connectivity index (χ4v) is 2.68. The van der Waals surface area contributed by atoms with Crippen LogP contribution in [0.15, 0.2) is 18.3 Å². The maximum absolute atomic E-state index is 11.7. The van der Waals surface area contributed by atoms with Crippen LogP contribution in [0.1, 0.15) is 24.3 Å². The van der Waals surface area contributed by atoms with Crippen molar-refractivity contribution < 1.29 is 14.3 Å². The molecule has 0 fully saturated rings. The molecule has 2 heterocycles. The number of halogens is 1. The Morgan fingerprint density at radius 2 is 2.20 bits per heavy atom. The first kappa shape index (κ1) is 14.7. The average Bonchev–Trinajstić information content (AvgIpc) is 2.82. The van der Waals surface area contributed by atoms with Crippen LogP contribution in [0.3, 0.4) is 0 Å². The number of hydrogen-bond donors (Lipinski definition) is 0. The fraction of sp³-hybridized carbons (Fsp3) is 0.308. The topological polar surface area (TPSA) is 61.3 Å². The number of carbonyl (C=O) groups is 1. The Kier molecular flexibility index (Phi) is 4.92. The summed E-state index contributed by atoms with van der Waals surface area (Å²) in [6, 6.07) is 3.60. The normalized spacial score (nSPS) is 10.3. The van der Waals surface area contributed by atoms with Crippen LogP contribution in [0.5, 0.6) is 5.88 Å². The Morgan fingerprint density at radius 1 is 1.40 bits per heavy atom. The number of esters is 1. The summed E-state index contributed by atoms with van der Waals surface area (Å²) in [5.41, 5.74) is 0.830. The predicted octanol–water partition coefficient (Wildman–Crippen LogP) is 3.43. The Hall–Kier alpha value is -1.66. The van der Waals surface area contributed by atoms with Crippen molar-refractivity contribution in [3.63, 3.8) is 0 Å². The highest BCUT2D eigenvalue weighted by Gasteiger charge is 2.20.